The van der Waals surface area contributed by atoms with Crippen molar-refractivity contribution in [2.75, 3.05) is 6.54 Å². The minimum atomic E-state index is -0.239. The Balaban J connectivity index is 2.07. The lowest BCUT2D eigenvalue weighted by Crippen LogP contribution is -2.26. The molecule has 0 aliphatic carbocycles. The Morgan fingerprint density at radius 3 is 3.15 bits per heavy atom. The molecule has 0 amide bonds. The van der Waals surface area contributed by atoms with E-state index in [4.69, 9.17) is 0 Å². The topological polar surface area (TPSA) is 58.0 Å². The van der Waals surface area contributed by atoms with Crippen molar-refractivity contribution in [3.8, 4) is 0 Å². The molecule has 74 valence electrons. The number of aliphatic hydroxyl groups is 1. The molecule has 0 saturated heterocycles. The van der Waals surface area contributed by atoms with Crippen LogP contribution in [0.15, 0.2) is 5.38 Å². The molecule has 5 heteroatoms. The first-order valence-corrected chi connectivity index (χ1v) is 5.31. The number of hydrogen-bond acceptors (Lipinski definition) is 5. The fourth-order valence-electron chi connectivity index (χ4n) is 1.06. The minimum absolute atomic E-state index is 0.239. The zero-order chi connectivity index (χ0) is 9.52. The lowest BCUT2D eigenvalue weighted by atomic mass is 10.2. The summed E-state index contributed by atoms with van der Waals surface area (Å²) in [6.45, 7) is 3.39. The molecule has 0 bridgehead atoms. The van der Waals surface area contributed by atoms with Gasteiger partial charge < -0.3 is 10.4 Å². The Hall–Kier alpha value is -0.520. The monoisotopic (exact) mass is 201 g/mol. The molecule has 1 heterocycles. The quantitative estimate of drug-likeness (QED) is 0.714. The van der Waals surface area contributed by atoms with Gasteiger partial charge in [0.15, 0.2) is 0 Å². The van der Waals surface area contributed by atoms with Crippen molar-refractivity contribution in [1.29, 1.82) is 0 Å². The third-order valence-corrected chi connectivity index (χ3v) is 2.27. The van der Waals surface area contributed by atoms with Gasteiger partial charge in [0.25, 0.3) is 0 Å². The van der Waals surface area contributed by atoms with Crippen LogP contribution in [-0.4, -0.2) is 27.3 Å². The fraction of sp³-hybridized carbons (Fsp3) is 0.750. The van der Waals surface area contributed by atoms with Crippen LogP contribution in [0.2, 0.25) is 0 Å². The maximum atomic E-state index is 9.38. The van der Waals surface area contributed by atoms with Gasteiger partial charge in [0, 0.05) is 18.5 Å². The first kappa shape index (κ1) is 10.6. The summed E-state index contributed by atoms with van der Waals surface area (Å²) in [5, 5.41) is 18.3. The van der Waals surface area contributed by atoms with Gasteiger partial charge in [-0.2, -0.15) is 0 Å². The molecule has 0 aliphatic heterocycles. The maximum Gasteiger partial charge on any atom is 0.0893 e. The van der Waals surface area contributed by atoms with E-state index in [9.17, 15) is 5.11 Å². The lowest BCUT2D eigenvalue weighted by Gasteiger charge is -2.08. The van der Waals surface area contributed by atoms with Crippen molar-refractivity contribution in [2.24, 2.45) is 0 Å². The highest BCUT2D eigenvalue weighted by Gasteiger charge is 2.02. The van der Waals surface area contributed by atoms with Crippen molar-refractivity contribution in [2.45, 2.75) is 32.4 Å². The van der Waals surface area contributed by atoms with Gasteiger partial charge >= 0.3 is 0 Å². The van der Waals surface area contributed by atoms with Gasteiger partial charge in [-0.05, 0) is 18.0 Å². The first-order valence-electron chi connectivity index (χ1n) is 4.47. The third-order valence-electron chi connectivity index (χ3n) is 1.71. The van der Waals surface area contributed by atoms with Crippen LogP contribution in [0.1, 0.15) is 25.5 Å². The van der Waals surface area contributed by atoms with Crippen LogP contribution in [0.3, 0.4) is 0 Å². The van der Waals surface area contributed by atoms with Gasteiger partial charge in [-0.25, -0.2) is 0 Å². The Bertz CT molecular complexity index is 215. The molecule has 0 aromatic carbocycles. The largest absolute Gasteiger partial charge is 0.392 e. The van der Waals surface area contributed by atoms with E-state index >= 15 is 0 Å². The zero-order valence-corrected chi connectivity index (χ0v) is 8.55. The van der Waals surface area contributed by atoms with E-state index in [1.807, 2.05) is 5.38 Å². The maximum absolute atomic E-state index is 9.38. The van der Waals surface area contributed by atoms with E-state index < -0.39 is 0 Å². The van der Waals surface area contributed by atoms with Crippen LogP contribution in [0, 0.1) is 0 Å². The van der Waals surface area contributed by atoms with E-state index in [2.05, 4.69) is 21.8 Å². The highest BCUT2D eigenvalue weighted by molar-refractivity contribution is 7.03. The van der Waals surface area contributed by atoms with Crippen molar-refractivity contribution < 1.29 is 5.11 Å². The van der Waals surface area contributed by atoms with Crippen LogP contribution in [-0.2, 0) is 6.54 Å². The first-order chi connectivity index (χ1) is 6.33. The van der Waals surface area contributed by atoms with Crippen molar-refractivity contribution in [3.63, 3.8) is 0 Å². The summed E-state index contributed by atoms with van der Waals surface area (Å²) in [6.07, 6.45) is 1.63. The molecule has 0 fully saturated rings. The minimum Gasteiger partial charge on any atom is -0.392 e. The number of aliphatic hydroxyl groups excluding tert-OH is 1. The summed E-state index contributed by atoms with van der Waals surface area (Å²) in [5.74, 6) is 0. The number of nitrogens with one attached hydrogen (secondary N) is 1. The molecule has 1 aromatic heterocycles. The average molecular weight is 201 g/mol. The molecule has 0 spiro atoms. The summed E-state index contributed by atoms with van der Waals surface area (Å²) in [7, 11) is 0. The molecule has 1 unspecified atom stereocenters. The summed E-state index contributed by atoms with van der Waals surface area (Å²) < 4.78 is 3.75. The molecule has 0 saturated carbocycles. The van der Waals surface area contributed by atoms with Gasteiger partial charge in [-0.1, -0.05) is 17.8 Å². The zero-order valence-electron chi connectivity index (χ0n) is 7.73. The molecule has 2 N–H and O–H groups in total. The van der Waals surface area contributed by atoms with Crippen LogP contribution in [0.25, 0.3) is 0 Å². The fourth-order valence-corrected chi connectivity index (χ4v) is 1.51. The molecule has 1 rings (SSSR count). The van der Waals surface area contributed by atoms with Crippen LogP contribution in [0.4, 0.5) is 0 Å². The van der Waals surface area contributed by atoms with E-state index in [0.717, 1.165) is 18.5 Å². The average Bonchev–Trinajstić information content (AvgIpc) is 2.57. The molecule has 13 heavy (non-hydrogen) atoms. The second kappa shape index (κ2) is 6.01. The summed E-state index contributed by atoms with van der Waals surface area (Å²) >= 11 is 1.35. The number of rotatable bonds is 6. The molecule has 4 nitrogen and oxygen atoms in total. The van der Waals surface area contributed by atoms with Gasteiger partial charge in [0.2, 0.25) is 0 Å². The predicted octanol–water partition coefficient (Wildman–Crippen LogP) is 0.789. The molecule has 0 aliphatic rings. The standard InChI is InChI=1S/C8H15N3OS/c1-2-3-8(12)5-9-4-7-6-13-11-10-7/h6,8-9,12H,2-5H2,1H3. The van der Waals surface area contributed by atoms with Crippen molar-refractivity contribution >= 4 is 11.5 Å². The van der Waals surface area contributed by atoms with Crippen LogP contribution < -0.4 is 5.32 Å². The van der Waals surface area contributed by atoms with Crippen molar-refractivity contribution in [3.05, 3.63) is 11.1 Å². The highest BCUT2D eigenvalue weighted by Crippen LogP contribution is 1.97. The molecular weight excluding hydrogens is 186 g/mol. The van der Waals surface area contributed by atoms with E-state index in [0.29, 0.717) is 13.1 Å². The third kappa shape index (κ3) is 4.31. The highest BCUT2D eigenvalue weighted by atomic mass is 32.1. The Morgan fingerprint density at radius 1 is 1.69 bits per heavy atom. The Labute approximate surface area is 82.2 Å². The Kier molecular flexibility index (Phi) is 4.88. The van der Waals surface area contributed by atoms with Crippen LogP contribution >= 0.6 is 11.5 Å². The second-order valence-corrected chi connectivity index (χ2v) is 3.58. The Morgan fingerprint density at radius 2 is 2.54 bits per heavy atom. The summed E-state index contributed by atoms with van der Waals surface area (Å²) in [4.78, 5) is 0. The molecule has 1 aromatic rings. The molecule has 0 radical (unpaired) electrons. The number of hydrogen-bond donors (Lipinski definition) is 2. The number of nitrogens with zero attached hydrogens (tertiary/aromatic N) is 2. The van der Waals surface area contributed by atoms with Crippen molar-refractivity contribution in [1.82, 2.24) is 14.9 Å². The normalized spacial score (nSPS) is 13.1. The smallest absolute Gasteiger partial charge is 0.0893 e. The second-order valence-electron chi connectivity index (χ2n) is 2.97. The van der Waals surface area contributed by atoms with E-state index in [1.165, 1.54) is 11.5 Å². The van der Waals surface area contributed by atoms with Gasteiger partial charge in [0.05, 0.1) is 11.8 Å². The summed E-state index contributed by atoms with van der Waals surface area (Å²) in [6, 6.07) is 0. The van der Waals surface area contributed by atoms with E-state index in [1.54, 1.807) is 0 Å². The van der Waals surface area contributed by atoms with Crippen LogP contribution in [0.5, 0.6) is 0 Å². The number of aromatic nitrogens is 2. The van der Waals surface area contributed by atoms with Gasteiger partial charge in [-0.15, -0.1) is 5.10 Å². The predicted molar refractivity (Wildman–Crippen MR) is 52.5 cm³/mol. The molecule has 1 atom stereocenters. The molecular formula is C8H15N3OS. The van der Waals surface area contributed by atoms with E-state index in [-0.39, 0.29) is 6.10 Å². The SMILES string of the molecule is CCCC(O)CNCc1csnn1. The van der Waals surface area contributed by atoms with Gasteiger partial charge in [-0.3, -0.25) is 0 Å². The lowest BCUT2D eigenvalue weighted by molar-refractivity contribution is 0.160. The summed E-state index contributed by atoms with van der Waals surface area (Å²) in [5.41, 5.74) is 0.939. The van der Waals surface area contributed by atoms with Gasteiger partial charge in [0.1, 0.15) is 0 Å².